The van der Waals surface area contributed by atoms with E-state index in [4.69, 9.17) is 5.11 Å². The largest absolute Gasteiger partial charge is 0.471 e. The van der Waals surface area contributed by atoms with Crippen LogP contribution in [0.1, 0.15) is 29.8 Å². The van der Waals surface area contributed by atoms with Crippen LogP contribution in [0, 0.1) is 0 Å². The Hall–Kier alpha value is -3.02. The SMILES string of the molecule is CN(C(=O)C(F)(F)F)C1CCCN(c2c(NC(=O)c3nc(Br)sc3NC(=O)O)cnn2CC(F)F)CC1. The number of carbonyl (C=O) groups excluding carboxylic acids is 2. The van der Waals surface area contributed by atoms with Crippen molar-refractivity contribution in [3.8, 4) is 0 Å². The van der Waals surface area contributed by atoms with Crippen molar-refractivity contribution in [2.75, 3.05) is 35.7 Å². The van der Waals surface area contributed by atoms with Gasteiger partial charge in [0.25, 0.3) is 12.3 Å². The third-order valence-electron chi connectivity index (χ3n) is 5.52. The summed E-state index contributed by atoms with van der Waals surface area (Å²) in [6.07, 6.45) is -7.41. The molecule has 1 saturated heterocycles. The fourth-order valence-electron chi connectivity index (χ4n) is 3.92. The summed E-state index contributed by atoms with van der Waals surface area (Å²) >= 11 is 3.92. The highest BCUT2D eigenvalue weighted by atomic mass is 79.9. The van der Waals surface area contributed by atoms with Crippen molar-refractivity contribution in [1.29, 1.82) is 0 Å². The Kier molecular flexibility index (Phi) is 8.93. The molecule has 2 aromatic rings. The Morgan fingerprint density at radius 1 is 1.27 bits per heavy atom. The van der Waals surface area contributed by atoms with Gasteiger partial charge in [-0.15, -0.1) is 0 Å². The van der Waals surface area contributed by atoms with Crippen molar-refractivity contribution in [2.24, 2.45) is 0 Å². The maximum atomic E-state index is 13.2. The van der Waals surface area contributed by atoms with E-state index in [0.29, 0.717) is 11.3 Å². The molecule has 1 atom stereocenters. The van der Waals surface area contributed by atoms with E-state index in [1.54, 1.807) is 4.90 Å². The zero-order chi connectivity index (χ0) is 27.5. The molecule has 18 heteroatoms. The molecule has 37 heavy (non-hydrogen) atoms. The number of halogens is 6. The molecule has 3 heterocycles. The van der Waals surface area contributed by atoms with Gasteiger partial charge in [0, 0.05) is 26.2 Å². The maximum Gasteiger partial charge on any atom is 0.471 e. The van der Waals surface area contributed by atoms with E-state index in [2.05, 4.69) is 36.6 Å². The highest BCUT2D eigenvalue weighted by molar-refractivity contribution is 9.11. The molecule has 0 aliphatic carbocycles. The van der Waals surface area contributed by atoms with Gasteiger partial charge in [-0.3, -0.25) is 14.9 Å². The zero-order valence-corrected chi connectivity index (χ0v) is 21.5. The summed E-state index contributed by atoms with van der Waals surface area (Å²) in [7, 11) is 1.07. The number of carboxylic acid groups (broad SMARTS) is 1. The first kappa shape index (κ1) is 28.5. The zero-order valence-electron chi connectivity index (χ0n) is 19.1. The first-order valence-electron chi connectivity index (χ1n) is 10.7. The first-order valence-corrected chi connectivity index (χ1v) is 12.3. The van der Waals surface area contributed by atoms with Gasteiger partial charge in [0.2, 0.25) is 0 Å². The lowest BCUT2D eigenvalue weighted by Gasteiger charge is -2.28. The van der Waals surface area contributed by atoms with Gasteiger partial charge in [0.1, 0.15) is 17.2 Å². The number of nitrogens with one attached hydrogen (secondary N) is 2. The summed E-state index contributed by atoms with van der Waals surface area (Å²) in [5.41, 5.74) is -0.246. The fraction of sp³-hybridized carbons (Fsp3) is 0.526. The third kappa shape index (κ3) is 7.06. The van der Waals surface area contributed by atoms with Crippen LogP contribution < -0.4 is 15.5 Å². The van der Waals surface area contributed by atoms with Gasteiger partial charge in [-0.25, -0.2) is 23.2 Å². The Morgan fingerprint density at radius 3 is 2.59 bits per heavy atom. The molecule has 2 aromatic heterocycles. The van der Waals surface area contributed by atoms with Crippen LogP contribution in [0.5, 0.6) is 0 Å². The van der Waals surface area contributed by atoms with Crippen molar-refractivity contribution in [1.82, 2.24) is 19.7 Å². The second-order valence-corrected chi connectivity index (χ2v) is 10.2. The molecule has 11 nitrogen and oxygen atoms in total. The average Bonchev–Trinajstić information content (AvgIpc) is 3.24. The summed E-state index contributed by atoms with van der Waals surface area (Å²) in [5, 5.41) is 17.4. The normalized spacial score (nSPS) is 16.4. The van der Waals surface area contributed by atoms with Crippen LogP contribution in [-0.2, 0) is 11.3 Å². The first-order chi connectivity index (χ1) is 17.3. The minimum Gasteiger partial charge on any atom is -0.465 e. The van der Waals surface area contributed by atoms with E-state index in [1.165, 1.54) is 0 Å². The highest BCUT2D eigenvalue weighted by Crippen LogP contribution is 2.33. The van der Waals surface area contributed by atoms with E-state index in [-0.39, 0.29) is 52.0 Å². The van der Waals surface area contributed by atoms with Gasteiger partial charge in [-0.05, 0) is 35.2 Å². The van der Waals surface area contributed by atoms with Crippen molar-refractivity contribution in [3.05, 3.63) is 15.8 Å². The van der Waals surface area contributed by atoms with E-state index < -0.39 is 43.1 Å². The molecule has 1 unspecified atom stereocenters. The summed E-state index contributed by atoms with van der Waals surface area (Å²) in [6, 6.07) is -0.736. The topological polar surface area (TPSA) is 133 Å². The molecular weight excluding hydrogens is 597 g/mol. The molecule has 3 N–H and O–H groups in total. The number of rotatable bonds is 7. The van der Waals surface area contributed by atoms with E-state index in [9.17, 15) is 36.3 Å². The van der Waals surface area contributed by atoms with Crippen molar-refractivity contribution in [3.63, 3.8) is 0 Å². The minimum absolute atomic E-state index is 0.0224. The summed E-state index contributed by atoms with van der Waals surface area (Å²) in [5.74, 6) is -2.71. The van der Waals surface area contributed by atoms with Crippen molar-refractivity contribution < 1.29 is 41.4 Å². The van der Waals surface area contributed by atoms with Crippen LogP contribution in [0.25, 0.3) is 0 Å². The molecular formula is C19H21BrF5N7O4S. The summed E-state index contributed by atoms with van der Waals surface area (Å²) in [6.45, 7) is -0.492. The molecule has 0 aromatic carbocycles. The van der Waals surface area contributed by atoms with Gasteiger partial charge in [-0.2, -0.15) is 18.3 Å². The van der Waals surface area contributed by atoms with E-state index in [0.717, 1.165) is 29.3 Å². The average molecular weight is 618 g/mol. The van der Waals surface area contributed by atoms with Gasteiger partial charge >= 0.3 is 18.2 Å². The number of amides is 3. The van der Waals surface area contributed by atoms with Crippen LogP contribution in [0.3, 0.4) is 0 Å². The molecule has 204 valence electrons. The van der Waals surface area contributed by atoms with Gasteiger partial charge < -0.3 is 20.2 Å². The Balaban J connectivity index is 1.85. The van der Waals surface area contributed by atoms with Crippen LogP contribution in [0.15, 0.2) is 10.1 Å². The number of carbonyl (C=O) groups is 3. The Morgan fingerprint density at radius 2 is 1.97 bits per heavy atom. The van der Waals surface area contributed by atoms with E-state index in [1.807, 2.05) is 0 Å². The van der Waals surface area contributed by atoms with Crippen molar-refractivity contribution in [2.45, 2.75) is 44.5 Å². The maximum absolute atomic E-state index is 13.2. The Bertz CT molecular complexity index is 1160. The summed E-state index contributed by atoms with van der Waals surface area (Å²) < 4.78 is 66.3. The number of nitrogens with zero attached hydrogens (tertiary/aromatic N) is 5. The molecule has 0 radical (unpaired) electrons. The highest BCUT2D eigenvalue weighted by Gasteiger charge is 2.43. The van der Waals surface area contributed by atoms with Crippen LogP contribution in [0.4, 0.5) is 43.3 Å². The smallest absolute Gasteiger partial charge is 0.465 e. The molecule has 0 saturated carbocycles. The number of aromatic nitrogens is 3. The number of alkyl halides is 5. The summed E-state index contributed by atoms with van der Waals surface area (Å²) in [4.78, 5) is 41.8. The molecule has 3 rings (SSSR count). The van der Waals surface area contributed by atoms with Gasteiger partial charge in [0.15, 0.2) is 15.4 Å². The number of hydrogen-bond acceptors (Lipinski definition) is 7. The second kappa shape index (κ2) is 11.6. The predicted molar refractivity (Wildman–Crippen MR) is 126 cm³/mol. The molecule has 1 aliphatic heterocycles. The second-order valence-electron chi connectivity index (χ2n) is 7.97. The predicted octanol–water partition coefficient (Wildman–Crippen LogP) is 4.09. The Labute approximate surface area is 218 Å². The molecule has 1 fully saturated rings. The lowest BCUT2D eigenvalue weighted by atomic mass is 10.1. The van der Waals surface area contributed by atoms with Crippen LogP contribution >= 0.6 is 27.3 Å². The molecule has 0 bridgehead atoms. The van der Waals surface area contributed by atoms with Crippen LogP contribution in [-0.4, -0.2) is 81.5 Å². The molecule has 3 amide bonds. The van der Waals surface area contributed by atoms with Gasteiger partial charge in [-0.1, -0.05) is 11.3 Å². The minimum atomic E-state index is -5.02. The standard InChI is InChI=1S/C19H21BrF5N7O4S/c1-30(16(34)19(23,24)25)9-3-2-5-31(6-4-9)15-10(7-26-32(15)8-11(21)22)27-13(33)12-14(29-18(35)36)37-17(20)28-12/h7,9,11,29H,2-6,8H2,1H3,(H,27,33)(H,35,36). The quantitative estimate of drug-likeness (QED) is 0.399. The van der Waals surface area contributed by atoms with Crippen LogP contribution in [0.2, 0.25) is 0 Å². The molecule has 1 aliphatic rings. The lowest BCUT2D eigenvalue weighted by Crippen LogP contribution is -2.45. The third-order valence-corrected chi connectivity index (χ3v) is 6.94. The van der Waals surface area contributed by atoms with Crippen molar-refractivity contribution >= 4 is 61.7 Å². The lowest BCUT2D eigenvalue weighted by molar-refractivity contribution is -0.186. The number of thiazole rings is 1. The molecule has 0 spiro atoms. The van der Waals surface area contributed by atoms with Gasteiger partial charge in [0.05, 0.1) is 6.20 Å². The van der Waals surface area contributed by atoms with E-state index >= 15 is 0 Å². The monoisotopic (exact) mass is 617 g/mol. The number of anilines is 3. The fourth-order valence-corrected chi connectivity index (χ4v) is 5.26. The number of hydrogen-bond donors (Lipinski definition) is 3.